The third-order valence-electron chi connectivity index (χ3n) is 4.73. The molecule has 0 unspecified atom stereocenters. The van der Waals surface area contributed by atoms with Gasteiger partial charge in [-0.15, -0.1) is 0 Å². The van der Waals surface area contributed by atoms with E-state index in [9.17, 15) is 4.79 Å². The van der Waals surface area contributed by atoms with Crippen molar-refractivity contribution in [3.8, 4) is 0 Å². The Morgan fingerprint density at radius 1 is 1.15 bits per heavy atom. The number of rotatable bonds is 5. The highest BCUT2D eigenvalue weighted by Crippen LogP contribution is 2.15. The van der Waals surface area contributed by atoms with Crippen LogP contribution in [0.5, 0.6) is 0 Å². The highest BCUT2D eigenvalue weighted by molar-refractivity contribution is 5.80. The molecule has 2 rings (SSSR count). The van der Waals surface area contributed by atoms with E-state index in [1.807, 2.05) is 20.8 Å². The Labute approximate surface area is 157 Å². The van der Waals surface area contributed by atoms with Crippen molar-refractivity contribution in [2.45, 2.75) is 39.3 Å². The number of carbonyl (C=O) groups is 1. The maximum Gasteiger partial charge on any atom is 0.410 e. The first-order chi connectivity index (χ1) is 12.3. The van der Waals surface area contributed by atoms with Gasteiger partial charge in [-0.1, -0.05) is 6.92 Å². The van der Waals surface area contributed by atoms with Gasteiger partial charge < -0.3 is 25.2 Å². The topological polar surface area (TPSA) is 72.4 Å². The first-order valence-corrected chi connectivity index (χ1v) is 9.70. The lowest BCUT2D eigenvalue weighted by atomic mass is 10.1. The van der Waals surface area contributed by atoms with E-state index >= 15 is 0 Å². The van der Waals surface area contributed by atoms with E-state index in [0.717, 1.165) is 51.8 Å². The fourth-order valence-corrected chi connectivity index (χ4v) is 3.09. The molecule has 8 nitrogen and oxygen atoms in total. The van der Waals surface area contributed by atoms with Crippen LogP contribution in [0, 0.1) is 0 Å². The molecule has 0 spiro atoms. The van der Waals surface area contributed by atoms with Crippen LogP contribution in [0.2, 0.25) is 0 Å². The molecule has 2 aliphatic rings. The lowest BCUT2D eigenvalue weighted by Crippen LogP contribution is -2.63. The highest BCUT2D eigenvalue weighted by atomic mass is 16.6. The van der Waals surface area contributed by atoms with Gasteiger partial charge in [-0.3, -0.25) is 9.89 Å². The molecule has 0 atom stereocenters. The molecule has 2 fully saturated rings. The van der Waals surface area contributed by atoms with Gasteiger partial charge in [0.15, 0.2) is 5.96 Å². The number of amides is 1. The van der Waals surface area contributed by atoms with Gasteiger partial charge in [-0.2, -0.15) is 0 Å². The second kappa shape index (κ2) is 9.41. The summed E-state index contributed by atoms with van der Waals surface area (Å²) in [5.41, 5.74) is -0.449. The highest BCUT2D eigenvalue weighted by Gasteiger charge is 2.34. The van der Waals surface area contributed by atoms with Gasteiger partial charge in [-0.05, 0) is 27.3 Å². The van der Waals surface area contributed by atoms with Crippen LogP contribution in [-0.4, -0.2) is 104 Å². The van der Waals surface area contributed by atoms with Crippen molar-refractivity contribution in [1.29, 1.82) is 0 Å². The Morgan fingerprint density at radius 3 is 2.31 bits per heavy atom. The molecule has 2 N–H and O–H groups in total. The van der Waals surface area contributed by atoms with Crippen LogP contribution in [0.3, 0.4) is 0 Å². The third kappa shape index (κ3) is 6.64. The summed E-state index contributed by atoms with van der Waals surface area (Å²) in [7, 11) is 1.78. The van der Waals surface area contributed by atoms with Gasteiger partial charge in [0.25, 0.3) is 0 Å². The Balaban J connectivity index is 1.60. The van der Waals surface area contributed by atoms with E-state index < -0.39 is 5.60 Å². The van der Waals surface area contributed by atoms with Crippen LogP contribution in [0.4, 0.5) is 4.79 Å². The van der Waals surface area contributed by atoms with Gasteiger partial charge in [0.2, 0.25) is 0 Å². The van der Waals surface area contributed by atoms with E-state index in [-0.39, 0.29) is 12.1 Å². The zero-order valence-electron chi connectivity index (χ0n) is 17.0. The summed E-state index contributed by atoms with van der Waals surface area (Å²) in [5, 5.41) is 6.74. The Kier molecular flexibility index (Phi) is 7.52. The fraction of sp³-hybridized carbons (Fsp3) is 0.889. The van der Waals surface area contributed by atoms with Crippen molar-refractivity contribution in [2.24, 2.45) is 4.99 Å². The van der Waals surface area contributed by atoms with Crippen LogP contribution in [0.15, 0.2) is 4.99 Å². The minimum Gasteiger partial charge on any atom is -0.444 e. The van der Waals surface area contributed by atoms with Crippen molar-refractivity contribution in [3.05, 3.63) is 0 Å². The Bertz CT molecular complexity index is 477. The number of likely N-dealkylation sites (N-methyl/N-ethyl adjacent to an activating group) is 1. The molecule has 0 radical (unpaired) electrons. The lowest BCUT2D eigenvalue weighted by Gasteiger charge is -2.40. The van der Waals surface area contributed by atoms with E-state index in [1.165, 1.54) is 0 Å². The number of nitrogens with zero attached hydrogens (tertiary/aromatic N) is 4. The lowest BCUT2D eigenvalue weighted by molar-refractivity contribution is 0.00700. The number of hydrogen-bond acceptors (Lipinski definition) is 5. The summed E-state index contributed by atoms with van der Waals surface area (Å²) in [5.74, 6) is 0.797. The number of aliphatic imine (C=N–C) groups is 1. The molecule has 2 heterocycles. The predicted octanol–water partition coefficient (Wildman–Crippen LogP) is 0.408. The monoisotopic (exact) mass is 368 g/mol. The molecule has 0 saturated carbocycles. The standard InChI is InChI=1S/C18H36N6O2/c1-6-22-9-11-23(12-10-22)8-7-20-16(19-5)21-15-13-24(14-15)17(25)26-18(2,3)4/h15H,6-14H2,1-5H3,(H2,19,20,21). The van der Waals surface area contributed by atoms with Crippen molar-refractivity contribution in [3.63, 3.8) is 0 Å². The molecule has 0 bridgehead atoms. The van der Waals surface area contributed by atoms with E-state index in [1.54, 1.807) is 11.9 Å². The molecule has 0 aromatic carbocycles. The van der Waals surface area contributed by atoms with Crippen LogP contribution in [-0.2, 0) is 4.74 Å². The predicted molar refractivity (Wildman–Crippen MR) is 105 cm³/mol. The zero-order valence-corrected chi connectivity index (χ0v) is 17.0. The van der Waals surface area contributed by atoms with Crippen molar-refractivity contribution < 1.29 is 9.53 Å². The van der Waals surface area contributed by atoms with E-state index in [0.29, 0.717) is 13.1 Å². The number of guanidine groups is 1. The summed E-state index contributed by atoms with van der Waals surface area (Å²) < 4.78 is 5.37. The third-order valence-corrected chi connectivity index (χ3v) is 4.73. The average Bonchev–Trinajstić information content (AvgIpc) is 2.54. The molecule has 26 heavy (non-hydrogen) atoms. The number of nitrogens with one attached hydrogen (secondary N) is 2. The number of carbonyl (C=O) groups excluding carboxylic acids is 1. The maximum absolute atomic E-state index is 12.0. The van der Waals surface area contributed by atoms with Gasteiger partial charge in [0.05, 0.1) is 6.04 Å². The van der Waals surface area contributed by atoms with Crippen LogP contribution in [0.25, 0.3) is 0 Å². The number of likely N-dealkylation sites (tertiary alicyclic amines) is 1. The molecule has 150 valence electrons. The van der Waals surface area contributed by atoms with Gasteiger partial charge in [-0.25, -0.2) is 4.79 Å². The summed E-state index contributed by atoms with van der Waals surface area (Å²) in [6.45, 7) is 16.8. The second-order valence-electron chi connectivity index (χ2n) is 8.00. The molecule has 1 amide bonds. The van der Waals surface area contributed by atoms with Crippen LogP contribution < -0.4 is 10.6 Å². The van der Waals surface area contributed by atoms with Crippen LogP contribution in [0.1, 0.15) is 27.7 Å². The minimum atomic E-state index is -0.449. The van der Waals surface area contributed by atoms with Gasteiger partial charge in [0.1, 0.15) is 5.60 Å². The summed E-state index contributed by atoms with van der Waals surface area (Å²) in [6, 6.07) is 0.224. The van der Waals surface area contributed by atoms with Gasteiger partial charge >= 0.3 is 6.09 Å². The van der Waals surface area contributed by atoms with Gasteiger partial charge in [0, 0.05) is 59.4 Å². The molecule has 0 aromatic heterocycles. The summed E-state index contributed by atoms with van der Waals surface area (Å²) >= 11 is 0. The smallest absolute Gasteiger partial charge is 0.410 e. The molecular weight excluding hydrogens is 332 g/mol. The molecule has 2 saturated heterocycles. The molecule has 2 aliphatic heterocycles. The molecular formula is C18H36N6O2. The summed E-state index contributed by atoms with van der Waals surface area (Å²) in [4.78, 5) is 22.9. The first-order valence-electron chi connectivity index (χ1n) is 9.70. The van der Waals surface area contributed by atoms with Crippen LogP contribution >= 0.6 is 0 Å². The van der Waals surface area contributed by atoms with Crippen molar-refractivity contribution >= 4 is 12.1 Å². The number of piperazine rings is 1. The Morgan fingerprint density at radius 2 is 1.77 bits per heavy atom. The van der Waals surface area contributed by atoms with Crippen molar-refractivity contribution in [2.75, 3.05) is 66.0 Å². The molecule has 8 heteroatoms. The SMILES string of the molecule is CCN1CCN(CCNC(=NC)NC2CN(C(=O)OC(C)(C)C)C2)CC1. The maximum atomic E-state index is 12.0. The average molecular weight is 369 g/mol. The normalized spacial score (nSPS) is 20.7. The van der Waals surface area contributed by atoms with E-state index in [4.69, 9.17) is 4.74 Å². The molecule has 0 aliphatic carbocycles. The minimum absolute atomic E-state index is 0.224. The first kappa shape index (κ1) is 20.8. The number of hydrogen-bond donors (Lipinski definition) is 2. The van der Waals surface area contributed by atoms with E-state index in [2.05, 4.69) is 32.3 Å². The molecule has 0 aromatic rings. The summed E-state index contributed by atoms with van der Waals surface area (Å²) in [6.07, 6.45) is -0.246. The number of ether oxygens (including phenoxy) is 1. The zero-order chi connectivity index (χ0) is 19.2. The fourth-order valence-electron chi connectivity index (χ4n) is 3.09. The quantitative estimate of drug-likeness (QED) is 0.541. The Hall–Kier alpha value is -1.54. The van der Waals surface area contributed by atoms with Crippen molar-refractivity contribution in [1.82, 2.24) is 25.3 Å². The largest absolute Gasteiger partial charge is 0.444 e. The second-order valence-corrected chi connectivity index (χ2v) is 8.00.